The predicted molar refractivity (Wildman–Crippen MR) is 106 cm³/mol. The molecule has 1 saturated carbocycles. The van der Waals surface area contributed by atoms with E-state index < -0.39 is 22.0 Å². The molecule has 0 spiro atoms. The molecule has 0 saturated heterocycles. The molecule has 1 fully saturated rings. The van der Waals surface area contributed by atoms with E-state index in [4.69, 9.17) is 16.3 Å². The molecule has 1 aliphatic carbocycles. The van der Waals surface area contributed by atoms with E-state index in [0.29, 0.717) is 0 Å². The predicted octanol–water partition coefficient (Wildman–Crippen LogP) is 2.60. The largest absolute Gasteiger partial charge is 0.467 e. The summed E-state index contributed by atoms with van der Waals surface area (Å²) in [6.45, 7) is 0. The number of carbonyl (C=O) groups excluding carboxylic acids is 1. The van der Waals surface area contributed by atoms with Crippen molar-refractivity contribution in [1.82, 2.24) is 15.3 Å². The number of carbonyl (C=O) groups is 1. The Kier molecular flexibility index (Phi) is 6.71. The van der Waals surface area contributed by atoms with Gasteiger partial charge in [-0.3, -0.25) is 4.79 Å². The first kappa shape index (κ1) is 21.5. The third kappa shape index (κ3) is 4.85. The normalized spacial score (nSPS) is 16.2. The number of aromatic nitrogens is 2. The highest BCUT2D eigenvalue weighted by atomic mass is 35.5. The van der Waals surface area contributed by atoms with Crippen LogP contribution in [0.1, 0.15) is 42.5 Å². The first-order chi connectivity index (χ1) is 13.8. The Bertz CT molecular complexity index is 993. The molecule has 1 aliphatic rings. The quantitative estimate of drug-likeness (QED) is 0.524. The fraction of sp³-hybridized carbons (Fsp3) is 0.421. The first-order valence-corrected chi connectivity index (χ1v) is 11.1. The second-order valence-corrected chi connectivity index (χ2v) is 9.15. The minimum Gasteiger partial charge on any atom is -0.467 e. The number of methoxy groups -OCH3 is 1. The van der Waals surface area contributed by atoms with E-state index in [0.717, 1.165) is 32.1 Å². The molecule has 3 rings (SSSR count). The molecule has 0 aliphatic heterocycles. The number of hydrogen-bond donors (Lipinski definition) is 2. The Labute approximate surface area is 174 Å². The first-order valence-electron chi connectivity index (χ1n) is 9.23. The summed E-state index contributed by atoms with van der Waals surface area (Å²) >= 11 is 6.12. The lowest BCUT2D eigenvalue weighted by molar-refractivity contribution is 0.0463. The van der Waals surface area contributed by atoms with Crippen molar-refractivity contribution in [2.24, 2.45) is 5.92 Å². The zero-order chi connectivity index (χ0) is 21.0. The standard InChI is InChI=1S/C19H22ClN3O5S/c1-28-19-21-10-9-16(22-19)29(26,27)13-7-8-15(20)14(11-13)18(25)23-17(24)12-5-3-2-4-6-12/h7-12,17,24H,2-6H2,1H3,(H,23,25). The van der Waals surface area contributed by atoms with Gasteiger partial charge in [0.25, 0.3) is 5.91 Å². The highest BCUT2D eigenvalue weighted by molar-refractivity contribution is 7.91. The van der Waals surface area contributed by atoms with Crippen LogP contribution in [-0.2, 0) is 9.84 Å². The number of aliphatic hydroxyl groups excluding tert-OH is 1. The number of rotatable bonds is 6. The van der Waals surface area contributed by atoms with Crippen molar-refractivity contribution in [3.8, 4) is 6.01 Å². The maximum absolute atomic E-state index is 12.9. The van der Waals surface area contributed by atoms with Gasteiger partial charge >= 0.3 is 6.01 Å². The van der Waals surface area contributed by atoms with Gasteiger partial charge < -0.3 is 15.2 Å². The Morgan fingerprint density at radius 1 is 1.28 bits per heavy atom. The van der Waals surface area contributed by atoms with E-state index >= 15 is 0 Å². The number of sulfone groups is 1. The van der Waals surface area contributed by atoms with Gasteiger partial charge in [-0.2, -0.15) is 4.98 Å². The molecule has 1 aromatic heterocycles. The molecule has 29 heavy (non-hydrogen) atoms. The highest BCUT2D eigenvalue weighted by Crippen LogP contribution is 2.27. The van der Waals surface area contributed by atoms with Crippen LogP contribution in [0, 0.1) is 5.92 Å². The number of amides is 1. The van der Waals surface area contributed by atoms with Crippen LogP contribution in [0.3, 0.4) is 0 Å². The van der Waals surface area contributed by atoms with E-state index in [1.165, 1.54) is 37.6 Å². The summed E-state index contributed by atoms with van der Waals surface area (Å²) in [6, 6.07) is 4.94. The molecule has 2 N–H and O–H groups in total. The summed E-state index contributed by atoms with van der Waals surface area (Å²) in [6.07, 6.45) is 5.06. The van der Waals surface area contributed by atoms with E-state index in [-0.39, 0.29) is 32.4 Å². The molecule has 156 valence electrons. The minimum absolute atomic E-state index is 0.0214. The zero-order valence-corrected chi connectivity index (χ0v) is 17.4. The monoisotopic (exact) mass is 439 g/mol. The van der Waals surface area contributed by atoms with Gasteiger partial charge in [0.1, 0.15) is 6.23 Å². The maximum atomic E-state index is 12.9. The molecule has 10 heteroatoms. The lowest BCUT2D eigenvalue weighted by Gasteiger charge is -2.27. The van der Waals surface area contributed by atoms with Crippen molar-refractivity contribution in [3.05, 3.63) is 41.0 Å². The van der Waals surface area contributed by atoms with Crippen molar-refractivity contribution in [2.75, 3.05) is 7.11 Å². The Hall–Kier alpha value is -2.23. The van der Waals surface area contributed by atoms with Gasteiger partial charge in [0.15, 0.2) is 5.03 Å². The number of benzene rings is 1. The molecule has 1 unspecified atom stereocenters. The van der Waals surface area contributed by atoms with Crippen LogP contribution in [0.15, 0.2) is 40.4 Å². The average Bonchev–Trinajstić information content (AvgIpc) is 2.74. The van der Waals surface area contributed by atoms with Gasteiger partial charge in [-0.15, -0.1) is 0 Å². The SMILES string of the molecule is COc1nccc(S(=O)(=O)c2ccc(Cl)c(C(=O)NC(O)C3CCCCC3)c2)n1. The van der Waals surface area contributed by atoms with E-state index in [1.807, 2.05) is 0 Å². The second kappa shape index (κ2) is 9.06. The summed E-state index contributed by atoms with van der Waals surface area (Å²) in [5, 5.41) is 12.7. The lowest BCUT2D eigenvalue weighted by atomic mass is 9.88. The van der Waals surface area contributed by atoms with Gasteiger partial charge in [0.05, 0.1) is 22.6 Å². The Balaban J connectivity index is 1.86. The van der Waals surface area contributed by atoms with Crippen LogP contribution in [-0.4, -0.2) is 42.7 Å². The number of nitrogens with zero attached hydrogens (tertiary/aromatic N) is 2. The zero-order valence-electron chi connectivity index (χ0n) is 15.8. The van der Waals surface area contributed by atoms with E-state index in [2.05, 4.69) is 15.3 Å². The molecule has 0 radical (unpaired) electrons. The summed E-state index contributed by atoms with van der Waals surface area (Å²) in [5.41, 5.74) is -0.0383. The van der Waals surface area contributed by atoms with Crippen LogP contribution in [0.2, 0.25) is 5.02 Å². The molecule has 1 amide bonds. The van der Waals surface area contributed by atoms with Crippen LogP contribution >= 0.6 is 11.6 Å². The van der Waals surface area contributed by atoms with Crippen molar-refractivity contribution in [2.45, 2.75) is 48.3 Å². The lowest BCUT2D eigenvalue weighted by Crippen LogP contribution is -2.41. The maximum Gasteiger partial charge on any atom is 0.317 e. The highest BCUT2D eigenvalue weighted by Gasteiger charge is 2.26. The number of hydrogen-bond acceptors (Lipinski definition) is 7. The van der Waals surface area contributed by atoms with Gasteiger partial charge in [0.2, 0.25) is 9.84 Å². The Morgan fingerprint density at radius 2 is 2.00 bits per heavy atom. The van der Waals surface area contributed by atoms with Crippen LogP contribution in [0.5, 0.6) is 6.01 Å². The van der Waals surface area contributed by atoms with Gasteiger partial charge in [0, 0.05) is 12.1 Å². The van der Waals surface area contributed by atoms with Gasteiger partial charge in [-0.05, 0) is 37.1 Å². The summed E-state index contributed by atoms with van der Waals surface area (Å²) in [7, 11) is -2.70. The smallest absolute Gasteiger partial charge is 0.317 e. The summed E-state index contributed by atoms with van der Waals surface area (Å²) < 4.78 is 30.6. The molecular formula is C19H22ClN3O5S. The third-order valence-electron chi connectivity index (χ3n) is 4.93. The van der Waals surface area contributed by atoms with E-state index in [9.17, 15) is 18.3 Å². The van der Waals surface area contributed by atoms with Crippen LogP contribution in [0.25, 0.3) is 0 Å². The third-order valence-corrected chi connectivity index (χ3v) is 6.92. The van der Waals surface area contributed by atoms with Gasteiger partial charge in [-0.1, -0.05) is 30.9 Å². The van der Waals surface area contributed by atoms with Crippen molar-refractivity contribution in [1.29, 1.82) is 0 Å². The van der Waals surface area contributed by atoms with Crippen LogP contribution < -0.4 is 10.1 Å². The van der Waals surface area contributed by atoms with Crippen molar-refractivity contribution >= 4 is 27.3 Å². The fourth-order valence-electron chi connectivity index (χ4n) is 3.32. The van der Waals surface area contributed by atoms with Crippen LogP contribution in [0.4, 0.5) is 0 Å². The number of nitrogens with one attached hydrogen (secondary N) is 1. The molecule has 0 bridgehead atoms. The summed E-state index contributed by atoms with van der Waals surface area (Å²) in [4.78, 5) is 20.1. The summed E-state index contributed by atoms with van der Waals surface area (Å²) in [5.74, 6) is -0.655. The number of aliphatic hydroxyl groups is 1. The Morgan fingerprint density at radius 3 is 2.69 bits per heavy atom. The molecular weight excluding hydrogens is 418 g/mol. The number of ether oxygens (including phenoxy) is 1. The number of halogens is 1. The molecule has 1 atom stereocenters. The van der Waals surface area contributed by atoms with Crippen molar-refractivity contribution in [3.63, 3.8) is 0 Å². The molecule has 8 nitrogen and oxygen atoms in total. The molecule has 1 aromatic carbocycles. The van der Waals surface area contributed by atoms with Crippen molar-refractivity contribution < 1.29 is 23.1 Å². The average molecular weight is 440 g/mol. The topological polar surface area (TPSA) is 118 Å². The fourth-order valence-corrected chi connectivity index (χ4v) is 4.72. The van der Waals surface area contributed by atoms with E-state index in [1.54, 1.807) is 0 Å². The van der Waals surface area contributed by atoms with Gasteiger partial charge in [-0.25, -0.2) is 13.4 Å². The molecule has 2 aromatic rings. The molecule has 1 heterocycles. The minimum atomic E-state index is -4.03. The second-order valence-electron chi connectivity index (χ2n) is 6.84.